The van der Waals surface area contributed by atoms with Gasteiger partial charge < -0.3 is 10.2 Å². The average Bonchev–Trinajstić information content (AvgIpc) is 2.53. The predicted octanol–water partition coefficient (Wildman–Crippen LogP) is 3.39. The lowest BCUT2D eigenvalue weighted by molar-refractivity contribution is -0.122. The lowest BCUT2D eigenvalue weighted by atomic mass is 9.92. The maximum Gasteiger partial charge on any atom is 0.220 e. The first-order chi connectivity index (χ1) is 11.1. The molecular formula is C19H29FN2O. The van der Waals surface area contributed by atoms with Crippen molar-refractivity contribution in [1.82, 2.24) is 10.2 Å². The van der Waals surface area contributed by atoms with E-state index >= 15 is 0 Å². The molecule has 0 radical (unpaired) electrons. The third-order valence-electron chi connectivity index (χ3n) is 4.76. The SMILES string of the molecule is CC(C)N1CCC(CC(=O)NCCCc2ccccc2F)CC1. The Labute approximate surface area is 139 Å². The zero-order chi connectivity index (χ0) is 16.7. The third-order valence-corrected chi connectivity index (χ3v) is 4.76. The van der Waals surface area contributed by atoms with Crippen LogP contribution in [0.5, 0.6) is 0 Å². The summed E-state index contributed by atoms with van der Waals surface area (Å²) in [5.41, 5.74) is 0.725. The van der Waals surface area contributed by atoms with Gasteiger partial charge in [-0.1, -0.05) is 18.2 Å². The fraction of sp³-hybridized carbons (Fsp3) is 0.632. The number of rotatable bonds is 7. The molecule has 0 unspecified atom stereocenters. The van der Waals surface area contributed by atoms with Crippen LogP contribution in [0, 0.1) is 11.7 Å². The molecule has 1 N–H and O–H groups in total. The van der Waals surface area contributed by atoms with Crippen molar-refractivity contribution in [2.75, 3.05) is 19.6 Å². The van der Waals surface area contributed by atoms with Gasteiger partial charge in [0.2, 0.25) is 5.91 Å². The third kappa shape index (κ3) is 5.94. The van der Waals surface area contributed by atoms with Crippen LogP contribution < -0.4 is 5.32 Å². The molecule has 23 heavy (non-hydrogen) atoms. The van der Waals surface area contributed by atoms with Gasteiger partial charge in [-0.05, 0) is 70.2 Å². The van der Waals surface area contributed by atoms with Crippen molar-refractivity contribution in [2.45, 2.75) is 52.0 Å². The van der Waals surface area contributed by atoms with Crippen LogP contribution in [0.25, 0.3) is 0 Å². The molecule has 3 nitrogen and oxygen atoms in total. The summed E-state index contributed by atoms with van der Waals surface area (Å²) in [5.74, 6) is 0.494. The topological polar surface area (TPSA) is 32.3 Å². The standard InChI is InChI=1S/C19H29FN2O/c1-15(2)22-12-9-16(10-13-22)14-19(23)21-11-5-7-17-6-3-4-8-18(17)20/h3-4,6,8,15-16H,5,7,9-14H2,1-2H3,(H,21,23). The number of nitrogens with zero attached hydrogens (tertiary/aromatic N) is 1. The summed E-state index contributed by atoms with van der Waals surface area (Å²) < 4.78 is 13.5. The van der Waals surface area contributed by atoms with Gasteiger partial charge in [0.15, 0.2) is 0 Å². The number of amides is 1. The summed E-state index contributed by atoms with van der Waals surface area (Å²) >= 11 is 0. The van der Waals surface area contributed by atoms with E-state index in [4.69, 9.17) is 0 Å². The van der Waals surface area contributed by atoms with Crippen molar-refractivity contribution in [2.24, 2.45) is 5.92 Å². The van der Waals surface area contributed by atoms with Crippen molar-refractivity contribution in [3.05, 3.63) is 35.6 Å². The average molecular weight is 320 g/mol. The minimum Gasteiger partial charge on any atom is -0.356 e. The van der Waals surface area contributed by atoms with E-state index in [-0.39, 0.29) is 11.7 Å². The highest BCUT2D eigenvalue weighted by Gasteiger charge is 2.22. The lowest BCUT2D eigenvalue weighted by Gasteiger charge is -2.34. The predicted molar refractivity (Wildman–Crippen MR) is 91.8 cm³/mol. The van der Waals surface area contributed by atoms with Crippen LogP contribution in [0.3, 0.4) is 0 Å². The van der Waals surface area contributed by atoms with Crippen molar-refractivity contribution >= 4 is 5.91 Å². The molecule has 2 rings (SSSR count). The van der Waals surface area contributed by atoms with Crippen LogP contribution in [-0.2, 0) is 11.2 Å². The second-order valence-electron chi connectivity index (χ2n) is 6.82. The summed E-state index contributed by atoms with van der Waals surface area (Å²) in [4.78, 5) is 14.5. The number of aryl methyl sites for hydroxylation is 1. The van der Waals surface area contributed by atoms with Gasteiger partial charge in [-0.3, -0.25) is 4.79 Å². The molecule has 1 heterocycles. The van der Waals surface area contributed by atoms with Crippen molar-refractivity contribution in [3.63, 3.8) is 0 Å². The molecule has 1 aromatic carbocycles. The number of halogens is 1. The van der Waals surface area contributed by atoms with Crippen molar-refractivity contribution < 1.29 is 9.18 Å². The van der Waals surface area contributed by atoms with E-state index in [1.54, 1.807) is 12.1 Å². The molecule has 0 spiro atoms. The fourth-order valence-electron chi connectivity index (χ4n) is 3.22. The number of hydrogen-bond donors (Lipinski definition) is 1. The highest BCUT2D eigenvalue weighted by atomic mass is 19.1. The summed E-state index contributed by atoms with van der Waals surface area (Å²) in [6.07, 6.45) is 4.30. The molecular weight excluding hydrogens is 291 g/mol. The van der Waals surface area contributed by atoms with Crippen LogP contribution in [0.15, 0.2) is 24.3 Å². The Morgan fingerprint density at radius 3 is 2.65 bits per heavy atom. The summed E-state index contributed by atoms with van der Waals surface area (Å²) in [5, 5.41) is 2.98. The second-order valence-corrected chi connectivity index (χ2v) is 6.82. The molecule has 0 aromatic heterocycles. The van der Waals surface area contributed by atoms with Gasteiger partial charge in [0.25, 0.3) is 0 Å². The van der Waals surface area contributed by atoms with Gasteiger partial charge in [0, 0.05) is 19.0 Å². The van der Waals surface area contributed by atoms with Gasteiger partial charge in [-0.2, -0.15) is 0 Å². The molecule has 0 atom stereocenters. The first-order valence-electron chi connectivity index (χ1n) is 8.80. The molecule has 4 heteroatoms. The Kier molecular flexibility index (Phi) is 7.03. The number of benzene rings is 1. The van der Waals surface area contributed by atoms with Crippen LogP contribution in [0.4, 0.5) is 4.39 Å². The van der Waals surface area contributed by atoms with E-state index in [1.807, 2.05) is 6.07 Å². The number of nitrogens with one attached hydrogen (secondary N) is 1. The highest BCUT2D eigenvalue weighted by Crippen LogP contribution is 2.21. The second kappa shape index (κ2) is 9.02. The molecule has 0 aliphatic carbocycles. The first-order valence-corrected chi connectivity index (χ1v) is 8.80. The number of carbonyl (C=O) groups is 1. The molecule has 128 valence electrons. The highest BCUT2D eigenvalue weighted by molar-refractivity contribution is 5.76. The zero-order valence-electron chi connectivity index (χ0n) is 14.4. The maximum absolute atomic E-state index is 13.5. The number of likely N-dealkylation sites (tertiary alicyclic amines) is 1. The normalized spacial score (nSPS) is 16.7. The van der Waals surface area contributed by atoms with E-state index in [2.05, 4.69) is 24.1 Å². The molecule has 1 aromatic rings. The lowest BCUT2D eigenvalue weighted by Crippen LogP contribution is -2.39. The van der Waals surface area contributed by atoms with E-state index in [0.29, 0.717) is 31.3 Å². The first kappa shape index (κ1) is 17.9. The molecule has 1 amide bonds. The molecule has 1 aliphatic rings. The quantitative estimate of drug-likeness (QED) is 0.781. The molecule has 0 saturated carbocycles. The number of hydrogen-bond acceptors (Lipinski definition) is 2. The van der Waals surface area contributed by atoms with E-state index in [1.165, 1.54) is 6.07 Å². The Morgan fingerprint density at radius 1 is 1.30 bits per heavy atom. The molecule has 0 bridgehead atoms. The Morgan fingerprint density at radius 2 is 2.00 bits per heavy atom. The summed E-state index contributed by atoms with van der Waals surface area (Å²) in [7, 11) is 0. The van der Waals surface area contributed by atoms with E-state index < -0.39 is 0 Å². The van der Waals surface area contributed by atoms with Crippen LogP contribution in [0.1, 0.15) is 45.1 Å². The molecule has 1 fully saturated rings. The maximum atomic E-state index is 13.5. The van der Waals surface area contributed by atoms with Crippen LogP contribution in [0.2, 0.25) is 0 Å². The van der Waals surface area contributed by atoms with E-state index in [9.17, 15) is 9.18 Å². The molecule has 1 aliphatic heterocycles. The largest absolute Gasteiger partial charge is 0.356 e. The minimum absolute atomic E-state index is 0.140. The number of piperidine rings is 1. The summed E-state index contributed by atoms with van der Waals surface area (Å²) in [6.45, 7) is 7.27. The van der Waals surface area contributed by atoms with Crippen molar-refractivity contribution in [3.8, 4) is 0 Å². The van der Waals surface area contributed by atoms with Gasteiger partial charge in [-0.25, -0.2) is 4.39 Å². The minimum atomic E-state index is -0.157. The van der Waals surface area contributed by atoms with Crippen molar-refractivity contribution in [1.29, 1.82) is 0 Å². The fourth-order valence-corrected chi connectivity index (χ4v) is 3.22. The monoisotopic (exact) mass is 320 g/mol. The van der Waals surface area contributed by atoms with E-state index in [0.717, 1.165) is 37.9 Å². The zero-order valence-corrected chi connectivity index (χ0v) is 14.4. The van der Waals surface area contributed by atoms with Crippen LogP contribution in [-0.4, -0.2) is 36.5 Å². The number of carbonyl (C=O) groups excluding carboxylic acids is 1. The van der Waals surface area contributed by atoms with Gasteiger partial charge in [0.05, 0.1) is 0 Å². The molecule has 1 saturated heterocycles. The Balaban J connectivity index is 1.60. The Hall–Kier alpha value is -1.42. The van der Waals surface area contributed by atoms with Gasteiger partial charge >= 0.3 is 0 Å². The summed E-state index contributed by atoms with van der Waals surface area (Å²) in [6, 6.07) is 7.44. The Bertz CT molecular complexity index is 496. The van der Waals surface area contributed by atoms with Crippen LogP contribution >= 0.6 is 0 Å². The van der Waals surface area contributed by atoms with Gasteiger partial charge in [0.1, 0.15) is 5.82 Å². The van der Waals surface area contributed by atoms with Gasteiger partial charge in [-0.15, -0.1) is 0 Å². The smallest absolute Gasteiger partial charge is 0.220 e.